The SMILES string of the molecule is CC(=O)c1ccc(NC(=O)NCC2CSCCS2)cc1. The molecule has 108 valence electrons. The van der Waals surface area contributed by atoms with Gasteiger partial charge in [0.1, 0.15) is 0 Å². The van der Waals surface area contributed by atoms with E-state index in [-0.39, 0.29) is 11.8 Å². The van der Waals surface area contributed by atoms with Crippen molar-refractivity contribution in [2.45, 2.75) is 12.2 Å². The van der Waals surface area contributed by atoms with Gasteiger partial charge in [0.15, 0.2) is 5.78 Å². The Hall–Kier alpha value is -1.14. The molecule has 1 fully saturated rings. The van der Waals surface area contributed by atoms with Crippen LogP contribution in [0, 0.1) is 0 Å². The van der Waals surface area contributed by atoms with Crippen molar-refractivity contribution in [3.05, 3.63) is 29.8 Å². The Bertz CT molecular complexity index is 471. The second-order valence-electron chi connectivity index (χ2n) is 4.54. The number of thioether (sulfide) groups is 2. The van der Waals surface area contributed by atoms with Gasteiger partial charge >= 0.3 is 6.03 Å². The van der Waals surface area contributed by atoms with Crippen molar-refractivity contribution < 1.29 is 9.59 Å². The van der Waals surface area contributed by atoms with Gasteiger partial charge in [0.05, 0.1) is 0 Å². The van der Waals surface area contributed by atoms with Crippen LogP contribution in [0.15, 0.2) is 24.3 Å². The number of ketones is 1. The van der Waals surface area contributed by atoms with Crippen LogP contribution in [0.5, 0.6) is 0 Å². The van der Waals surface area contributed by atoms with Gasteiger partial charge in [-0.3, -0.25) is 4.79 Å². The number of hydrogen-bond donors (Lipinski definition) is 2. The van der Waals surface area contributed by atoms with Crippen LogP contribution >= 0.6 is 23.5 Å². The van der Waals surface area contributed by atoms with Crippen LogP contribution in [0.4, 0.5) is 10.5 Å². The van der Waals surface area contributed by atoms with Gasteiger partial charge in [0, 0.05) is 40.3 Å². The van der Waals surface area contributed by atoms with Gasteiger partial charge in [0.2, 0.25) is 0 Å². The number of hydrogen-bond acceptors (Lipinski definition) is 4. The summed E-state index contributed by atoms with van der Waals surface area (Å²) in [5.74, 6) is 3.48. The van der Waals surface area contributed by atoms with E-state index >= 15 is 0 Å². The maximum absolute atomic E-state index is 11.8. The summed E-state index contributed by atoms with van der Waals surface area (Å²) in [6.45, 7) is 2.21. The zero-order chi connectivity index (χ0) is 14.4. The number of benzene rings is 1. The molecule has 0 spiro atoms. The molecule has 2 amide bonds. The molecule has 1 aromatic rings. The van der Waals surface area contributed by atoms with Crippen molar-refractivity contribution in [3.63, 3.8) is 0 Å². The summed E-state index contributed by atoms with van der Waals surface area (Å²) in [6.07, 6.45) is 0. The number of urea groups is 1. The van der Waals surface area contributed by atoms with Crippen LogP contribution in [-0.4, -0.2) is 40.9 Å². The number of nitrogens with one attached hydrogen (secondary N) is 2. The number of rotatable bonds is 4. The Labute approximate surface area is 127 Å². The molecule has 1 unspecified atom stereocenters. The van der Waals surface area contributed by atoms with Gasteiger partial charge in [-0.2, -0.15) is 23.5 Å². The highest BCUT2D eigenvalue weighted by molar-refractivity contribution is 8.06. The van der Waals surface area contributed by atoms with E-state index in [1.54, 1.807) is 24.3 Å². The fourth-order valence-corrected chi connectivity index (χ4v) is 4.44. The molecule has 1 saturated heterocycles. The predicted octanol–water partition coefficient (Wildman–Crippen LogP) is 2.86. The minimum Gasteiger partial charge on any atom is -0.337 e. The van der Waals surface area contributed by atoms with E-state index in [0.29, 0.717) is 23.0 Å². The number of carbonyl (C=O) groups excluding carboxylic acids is 2. The average molecular weight is 310 g/mol. The van der Waals surface area contributed by atoms with Crippen LogP contribution in [-0.2, 0) is 0 Å². The lowest BCUT2D eigenvalue weighted by Gasteiger charge is -2.21. The van der Waals surface area contributed by atoms with Crippen LogP contribution in [0.25, 0.3) is 0 Å². The van der Waals surface area contributed by atoms with Gasteiger partial charge in [-0.15, -0.1) is 0 Å². The van der Waals surface area contributed by atoms with Gasteiger partial charge in [0.25, 0.3) is 0 Å². The molecular weight excluding hydrogens is 292 g/mol. The number of carbonyl (C=O) groups is 2. The third-order valence-corrected chi connectivity index (χ3v) is 5.77. The van der Waals surface area contributed by atoms with Crippen LogP contribution in [0.3, 0.4) is 0 Å². The Kier molecular flexibility index (Phi) is 5.79. The average Bonchev–Trinajstić information content (AvgIpc) is 2.47. The topological polar surface area (TPSA) is 58.2 Å². The normalized spacial score (nSPS) is 18.4. The lowest BCUT2D eigenvalue weighted by Crippen LogP contribution is -2.36. The molecule has 1 atom stereocenters. The number of anilines is 1. The van der Waals surface area contributed by atoms with Gasteiger partial charge in [-0.05, 0) is 31.2 Å². The molecule has 0 aromatic heterocycles. The second kappa shape index (κ2) is 7.59. The highest BCUT2D eigenvalue weighted by atomic mass is 32.2. The highest BCUT2D eigenvalue weighted by Gasteiger charge is 2.15. The summed E-state index contributed by atoms with van der Waals surface area (Å²) >= 11 is 3.85. The molecular formula is C14H18N2O2S2. The van der Waals surface area contributed by atoms with E-state index in [1.165, 1.54) is 12.7 Å². The summed E-state index contributed by atoms with van der Waals surface area (Å²) < 4.78 is 0. The Morgan fingerprint density at radius 1 is 1.25 bits per heavy atom. The minimum atomic E-state index is -0.197. The third-order valence-electron chi connectivity index (χ3n) is 2.92. The molecule has 2 N–H and O–H groups in total. The first-order valence-corrected chi connectivity index (χ1v) is 8.70. The zero-order valence-corrected chi connectivity index (χ0v) is 13.0. The molecule has 1 heterocycles. The van der Waals surface area contributed by atoms with E-state index in [4.69, 9.17) is 0 Å². The van der Waals surface area contributed by atoms with Crippen LogP contribution < -0.4 is 10.6 Å². The fourth-order valence-electron chi connectivity index (χ4n) is 1.82. The van der Waals surface area contributed by atoms with Crippen molar-refractivity contribution in [2.75, 3.05) is 29.1 Å². The Morgan fingerprint density at radius 2 is 2.00 bits per heavy atom. The standard InChI is InChI=1S/C14H18N2O2S2/c1-10(17)11-2-4-12(5-3-11)16-14(18)15-8-13-9-19-6-7-20-13/h2-5,13H,6-9H2,1H3,(H2,15,16,18). The van der Waals surface area contributed by atoms with Crippen molar-refractivity contribution in [2.24, 2.45) is 0 Å². The van der Waals surface area contributed by atoms with Crippen LogP contribution in [0.1, 0.15) is 17.3 Å². The van der Waals surface area contributed by atoms with Gasteiger partial charge in [-0.1, -0.05) is 0 Å². The second-order valence-corrected chi connectivity index (χ2v) is 7.09. The lowest BCUT2D eigenvalue weighted by molar-refractivity contribution is 0.101. The first-order valence-electron chi connectivity index (χ1n) is 6.50. The summed E-state index contributed by atoms with van der Waals surface area (Å²) in [5, 5.41) is 6.16. The summed E-state index contributed by atoms with van der Waals surface area (Å²) in [4.78, 5) is 22.9. The van der Waals surface area contributed by atoms with Crippen molar-refractivity contribution in [1.29, 1.82) is 0 Å². The molecule has 4 nitrogen and oxygen atoms in total. The predicted molar refractivity (Wildman–Crippen MR) is 87.0 cm³/mol. The van der Waals surface area contributed by atoms with Crippen molar-refractivity contribution in [1.82, 2.24) is 5.32 Å². The van der Waals surface area contributed by atoms with E-state index in [0.717, 1.165) is 11.5 Å². The maximum Gasteiger partial charge on any atom is 0.319 e. The minimum absolute atomic E-state index is 0.0211. The molecule has 0 bridgehead atoms. The Morgan fingerprint density at radius 3 is 2.60 bits per heavy atom. The summed E-state index contributed by atoms with van der Waals surface area (Å²) in [5.41, 5.74) is 1.34. The maximum atomic E-state index is 11.8. The fraction of sp³-hybridized carbons (Fsp3) is 0.429. The molecule has 6 heteroatoms. The first kappa shape index (κ1) is 15.3. The quantitative estimate of drug-likeness (QED) is 0.840. The summed E-state index contributed by atoms with van der Waals surface area (Å²) in [7, 11) is 0. The molecule has 0 saturated carbocycles. The molecule has 1 aromatic carbocycles. The third kappa shape index (κ3) is 4.76. The Balaban J connectivity index is 1.77. The smallest absolute Gasteiger partial charge is 0.319 e. The van der Waals surface area contributed by atoms with E-state index in [2.05, 4.69) is 10.6 Å². The summed E-state index contributed by atoms with van der Waals surface area (Å²) in [6, 6.07) is 6.71. The molecule has 1 aliphatic heterocycles. The molecule has 20 heavy (non-hydrogen) atoms. The molecule has 0 radical (unpaired) electrons. The number of amides is 2. The number of Topliss-reactive ketones (excluding diaryl/α,β-unsaturated/α-hetero) is 1. The lowest BCUT2D eigenvalue weighted by atomic mass is 10.1. The van der Waals surface area contributed by atoms with E-state index < -0.39 is 0 Å². The monoisotopic (exact) mass is 310 g/mol. The molecule has 0 aliphatic carbocycles. The largest absolute Gasteiger partial charge is 0.337 e. The van der Waals surface area contributed by atoms with Crippen LogP contribution in [0.2, 0.25) is 0 Å². The highest BCUT2D eigenvalue weighted by Crippen LogP contribution is 2.23. The van der Waals surface area contributed by atoms with Gasteiger partial charge in [-0.25, -0.2) is 4.79 Å². The van der Waals surface area contributed by atoms with Crippen molar-refractivity contribution in [3.8, 4) is 0 Å². The van der Waals surface area contributed by atoms with Crippen molar-refractivity contribution >= 4 is 41.0 Å². The van der Waals surface area contributed by atoms with E-state index in [1.807, 2.05) is 23.5 Å². The zero-order valence-electron chi connectivity index (χ0n) is 11.3. The first-order chi connectivity index (χ1) is 9.65. The molecule has 1 aliphatic rings. The van der Waals surface area contributed by atoms with Gasteiger partial charge < -0.3 is 10.6 Å². The van der Waals surface area contributed by atoms with E-state index in [9.17, 15) is 9.59 Å². The molecule has 2 rings (SSSR count).